The molecule has 3 nitrogen and oxygen atoms in total. The number of amides is 1. The van der Waals surface area contributed by atoms with Crippen LogP contribution in [0.15, 0.2) is 48.5 Å². The summed E-state index contributed by atoms with van der Waals surface area (Å²) in [7, 11) is 0. The van der Waals surface area contributed by atoms with Crippen LogP contribution in [0.3, 0.4) is 0 Å². The second kappa shape index (κ2) is 5.60. The van der Waals surface area contributed by atoms with Crippen LogP contribution >= 0.6 is 0 Å². The van der Waals surface area contributed by atoms with Gasteiger partial charge in [-0.2, -0.15) is 0 Å². The minimum Gasteiger partial charge on any atom is -0.342 e. The van der Waals surface area contributed by atoms with E-state index in [1.807, 2.05) is 43.0 Å². The van der Waals surface area contributed by atoms with Gasteiger partial charge >= 0.3 is 0 Å². The van der Waals surface area contributed by atoms with Crippen molar-refractivity contribution >= 4 is 27.7 Å². The fraction of sp³-hybridized carbons (Fsp3) is 0.278. The number of aromatic nitrogens is 1. The molecule has 0 saturated carbocycles. The molecule has 0 bridgehead atoms. The van der Waals surface area contributed by atoms with E-state index >= 15 is 0 Å². The Hall–Kier alpha value is -2.29. The molecule has 0 radical (unpaired) electrons. The third-order valence-corrected chi connectivity index (χ3v) is 4.09. The largest absolute Gasteiger partial charge is 0.342 e. The summed E-state index contributed by atoms with van der Waals surface area (Å²) in [5.41, 5.74) is 2.25. The van der Waals surface area contributed by atoms with E-state index < -0.39 is 0 Å². The van der Waals surface area contributed by atoms with Crippen molar-refractivity contribution in [2.75, 3.05) is 13.1 Å². The van der Waals surface area contributed by atoms with Gasteiger partial charge in [0.25, 0.3) is 0 Å². The number of fused-ring (bicyclic) bond motifs is 3. The number of hydrogen-bond acceptors (Lipinski definition) is 1. The van der Waals surface area contributed by atoms with E-state index in [2.05, 4.69) is 28.8 Å². The lowest BCUT2D eigenvalue weighted by Gasteiger charge is -2.19. The molecule has 0 spiro atoms. The summed E-state index contributed by atoms with van der Waals surface area (Å²) in [5.74, 6) is 0.173. The first kappa shape index (κ1) is 13.7. The Morgan fingerprint density at radius 1 is 0.905 bits per heavy atom. The number of likely N-dealkylation sites (N-methyl/N-ethyl adjacent to an activating group) is 1. The number of rotatable bonds is 4. The highest BCUT2D eigenvalue weighted by atomic mass is 16.2. The summed E-state index contributed by atoms with van der Waals surface area (Å²) in [6.07, 6.45) is 0. The van der Waals surface area contributed by atoms with Gasteiger partial charge in [0.1, 0.15) is 6.54 Å². The van der Waals surface area contributed by atoms with Gasteiger partial charge < -0.3 is 9.47 Å². The molecule has 108 valence electrons. The molecule has 2 aromatic carbocycles. The van der Waals surface area contributed by atoms with Crippen molar-refractivity contribution in [1.29, 1.82) is 0 Å². The van der Waals surface area contributed by atoms with E-state index in [0.717, 1.165) is 24.1 Å². The number of benzene rings is 2. The monoisotopic (exact) mass is 280 g/mol. The molecule has 3 aromatic rings. The molecule has 3 heteroatoms. The smallest absolute Gasteiger partial charge is 0.242 e. The van der Waals surface area contributed by atoms with Crippen molar-refractivity contribution in [3.63, 3.8) is 0 Å². The zero-order valence-electron chi connectivity index (χ0n) is 12.5. The van der Waals surface area contributed by atoms with E-state index in [9.17, 15) is 4.79 Å². The zero-order valence-corrected chi connectivity index (χ0v) is 12.5. The summed E-state index contributed by atoms with van der Waals surface area (Å²) in [6.45, 7) is 5.95. The van der Waals surface area contributed by atoms with Gasteiger partial charge in [0.15, 0.2) is 0 Å². The molecule has 1 aromatic heterocycles. The van der Waals surface area contributed by atoms with Crippen molar-refractivity contribution in [3.8, 4) is 0 Å². The number of nitrogens with zero attached hydrogens (tertiary/aromatic N) is 2. The van der Waals surface area contributed by atoms with Crippen LogP contribution in [0.4, 0.5) is 0 Å². The molecule has 0 unspecified atom stereocenters. The second-order valence-corrected chi connectivity index (χ2v) is 5.19. The number of carbonyl (C=O) groups is 1. The number of para-hydroxylation sites is 2. The second-order valence-electron chi connectivity index (χ2n) is 5.19. The highest BCUT2D eigenvalue weighted by molar-refractivity contribution is 6.08. The maximum absolute atomic E-state index is 12.5. The van der Waals surface area contributed by atoms with Crippen LogP contribution in [0.1, 0.15) is 13.8 Å². The Morgan fingerprint density at radius 3 is 1.86 bits per heavy atom. The van der Waals surface area contributed by atoms with E-state index in [-0.39, 0.29) is 5.91 Å². The predicted molar refractivity (Wildman–Crippen MR) is 87.4 cm³/mol. The predicted octanol–water partition coefficient (Wildman–Crippen LogP) is 3.66. The Kier molecular flexibility index (Phi) is 3.65. The normalized spacial score (nSPS) is 11.1. The third kappa shape index (κ3) is 2.29. The maximum atomic E-state index is 12.5. The van der Waals surface area contributed by atoms with Crippen LogP contribution in [0.2, 0.25) is 0 Å². The highest BCUT2D eigenvalue weighted by Crippen LogP contribution is 2.28. The Morgan fingerprint density at radius 2 is 1.38 bits per heavy atom. The minimum atomic E-state index is 0.173. The van der Waals surface area contributed by atoms with Crippen LogP contribution < -0.4 is 0 Å². The maximum Gasteiger partial charge on any atom is 0.242 e. The Bertz CT molecular complexity index is 731. The topological polar surface area (TPSA) is 25.2 Å². The lowest BCUT2D eigenvalue weighted by atomic mass is 10.2. The average molecular weight is 280 g/mol. The first-order valence-corrected chi connectivity index (χ1v) is 7.50. The molecule has 3 rings (SSSR count). The van der Waals surface area contributed by atoms with Crippen molar-refractivity contribution in [2.45, 2.75) is 20.4 Å². The van der Waals surface area contributed by atoms with Gasteiger partial charge in [0.05, 0.1) is 0 Å². The number of carbonyl (C=O) groups excluding carboxylic acids is 1. The van der Waals surface area contributed by atoms with E-state index in [1.165, 1.54) is 10.8 Å². The summed E-state index contributed by atoms with van der Waals surface area (Å²) in [6, 6.07) is 16.6. The quantitative estimate of drug-likeness (QED) is 0.716. The standard InChI is InChI=1S/C18H20N2O/c1-3-19(4-2)18(21)13-20-16-11-7-5-9-14(16)15-10-6-8-12-17(15)20/h5-12H,3-4,13H2,1-2H3. The first-order chi connectivity index (χ1) is 10.3. The molecule has 1 heterocycles. The Balaban J connectivity index is 2.14. The fourth-order valence-electron chi connectivity index (χ4n) is 2.99. The lowest BCUT2D eigenvalue weighted by Crippen LogP contribution is -2.33. The van der Waals surface area contributed by atoms with Crippen molar-refractivity contribution in [3.05, 3.63) is 48.5 Å². The van der Waals surface area contributed by atoms with E-state index in [0.29, 0.717) is 6.54 Å². The highest BCUT2D eigenvalue weighted by Gasteiger charge is 2.15. The Labute approximate surface area is 124 Å². The summed E-state index contributed by atoms with van der Waals surface area (Å²) < 4.78 is 2.13. The molecule has 21 heavy (non-hydrogen) atoms. The van der Waals surface area contributed by atoms with Crippen LogP contribution in [-0.4, -0.2) is 28.5 Å². The molecule has 0 aliphatic rings. The average Bonchev–Trinajstić information content (AvgIpc) is 2.84. The van der Waals surface area contributed by atoms with Crippen molar-refractivity contribution in [2.24, 2.45) is 0 Å². The van der Waals surface area contributed by atoms with Crippen molar-refractivity contribution in [1.82, 2.24) is 9.47 Å². The molecular formula is C18H20N2O. The zero-order chi connectivity index (χ0) is 14.8. The van der Waals surface area contributed by atoms with Gasteiger partial charge in [-0.05, 0) is 26.0 Å². The van der Waals surface area contributed by atoms with E-state index in [1.54, 1.807) is 0 Å². The summed E-state index contributed by atoms with van der Waals surface area (Å²) in [5, 5.41) is 2.42. The summed E-state index contributed by atoms with van der Waals surface area (Å²) in [4.78, 5) is 14.3. The molecule has 1 amide bonds. The van der Waals surface area contributed by atoms with Gasteiger partial charge in [-0.15, -0.1) is 0 Å². The molecule has 0 saturated heterocycles. The third-order valence-electron chi connectivity index (χ3n) is 4.09. The van der Waals surface area contributed by atoms with Gasteiger partial charge in [-0.1, -0.05) is 36.4 Å². The molecule has 0 atom stereocenters. The fourth-order valence-corrected chi connectivity index (χ4v) is 2.99. The molecule has 0 aliphatic carbocycles. The molecule has 0 aliphatic heterocycles. The van der Waals surface area contributed by atoms with Crippen molar-refractivity contribution < 1.29 is 4.79 Å². The van der Waals surface area contributed by atoms with Gasteiger partial charge in [-0.25, -0.2) is 0 Å². The van der Waals surface area contributed by atoms with Gasteiger partial charge in [-0.3, -0.25) is 4.79 Å². The van der Waals surface area contributed by atoms with Gasteiger partial charge in [0, 0.05) is 34.9 Å². The van der Waals surface area contributed by atoms with Crippen LogP contribution in [-0.2, 0) is 11.3 Å². The van der Waals surface area contributed by atoms with Gasteiger partial charge in [0.2, 0.25) is 5.91 Å². The molecule has 0 N–H and O–H groups in total. The first-order valence-electron chi connectivity index (χ1n) is 7.50. The minimum absolute atomic E-state index is 0.173. The van der Waals surface area contributed by atoms with Crippen LogP contribution in [0.25, 0.3) is 21.8 Å². The molecule has 0 fully saturated rings. The van der Waals surface area contributed by atoms with Crippen LogP contribution in [0.5, 0.6) is 0 Å². The SMILES string of the molecule is CCN(CC)C(=O)Cn1c2ccccc2c2ccccc21. The lowest BCUT2D eigenvalue weighted by molar-refractivity contribution is -0.131. The molecular weight excluding hydrogens is 260 g/mol. The van der Waals surface area contributed by atoms with Crippen LogP contribution in [0, 0.1) is 0 Å². The summed E-state index contributed by atoms with van der Waals surface area (Å²) >= 11 is 0. The van der Waals surface area contributed by atoms with E-state index in [4.69, 9.17) is 0 Å². The number of hydrogen-bond donors (Lipinski definition) is 0.